The van der Waals surface area contributed by atoms with Gasteiger partial charge in [0, 0.05) is 4.43 Å². The van der Waals surface area contributed by atoms with Crippen LogP contribution in [0.15, 0.2) is 60.7 Å². The molecule has 0 radical (unpaired) electrons. The predicted molar refractivity (Wildman–Crippen MR) is 74.8 cm³/mol. The lowest BCUT2D eigenvalue weighted by Gasteiger charge is -2.27. The molecular weight excluding hydrogens is 311 g/mol. The molecule has 0 spiro atoms. The minimum absolute atomic E-state index is 0.638. The van der Waals surface area contributed by atoms with Gasteiger partial charge < -0.3 is 5.11 Å². The van der Waals surface area contributed by atoms with Crippen LogP contribution in [-0.2, 0) is 5.60 Å². The van der Waals surface area contributed by atoms with Crippen LogP contribution in [0.25, 0.3) is 0 Å². The average molecular weight is 324 g/mol. The fourth-order valence-electron chi connectivity index (χ4n) is 1.75. The van der Waals surface area contributed by atoms with Crippen molar-refractivity contribution in [1.82, 2.24) is 0 Å². The minimum Gasteiger partial charge on any atom is -0.380 e. The summed E-state index contributed by atoms with van der Waals surface area (Å²) >= 11 is 2.22. The Kier molecular flexibility index (Phi) is 3.61. The van der Waals surface area contributed by atoms with Crippen molar-refractivity contribution in [3.63, 3.8) is 0 Å². The van der Waals surface area contributed by atoms with Gasteiger partial charge >= 0.3 is 0 Å². The summed E-state index contributed by atoms with van der Waals surface area (Å²) in [5.74, 6) is 0. The molecule has 0 aromatic heterocycles. The number of alkyl halides is 1. The monoisotopic (exact) mass is 324 g/mol. The van der Waals surface area contributed by atoms with Crippen LogP contribution in [0.3, 0.4) is 0 Å². The molecule has 2 heteroatoms. The zero-order valence-corrected chi connectivity index (χ0v) is 11.0. The first-order valence-electron chi connectivity index (χ1n) is 5.17. The number of hydrogen-bond donors (Lipinski definition) is 1. The SMILES string of the molecule is OC(CI)(c1ccccc1)c1ccccc1. The first kappa shape index (κ1) is 11.6. The molecule has 0 saturated carbocycles. The maximum Gasteiger partial charge on any atom is 0.123 e. The smallest absolute Gasteiger partial charge is 0.123 e. The van der Waals surface area contributed by atoms with E-state index in [-0.39, 0.29) is 0 Å². The largest absolute Gasteiger partial charge is 0.380 e. The standard InChI is InChI=1S/C14H13IO/c15-11-14(16,12-7-3-1-4-8-12)13-9-5-2-6-10-13/h1-10,16H,11H2. The predicted octanol–water partition coefficient (Wildman–Crippen LogP) is 3.36. The molecule has 0 atom stereocenters. The van der Waals surface area contributed by atoms with Gasteiger partial charge in [-0.15, -0.1) is 0 Å². The molecule has 2 aromatic rings. The molecule has 0 aliphatic heterocycles. The molecule has 0 amide bonds. The maximum absolute atomic E-state index is 10.8. The van der Waals surface area contributed by atoms with E-state index in [9.17, 15) is 5.11 Å². The second-order valence-electron chi connectivity index (χ2n) is 3.73. The molecule has 2 aromatic carbocycles. The van der Waals surface area contributed by atoms with E-state index >= 15 is 0 Å². The highest BCUT2D eigenvalue weighted by molar-refractivity contribution is 14.1. The van der Waals surface area contributed by atoms with Gasteiger partial charge in [0.2, 0.25) is 0 Å². The van der Waals surface area contributed by atoms with Crippen molar-refractivity contribution in [2.24, 2.45) is 0 Å². The van der Waals surface area contributed by atoms with Gasteiger partial charge in [0.05, 0.1) is 0 Å². The van der Waals surface area contributed by atoms with Crippen LogP contribution in [0, 0.1) is 0 Å². The van der Waals surface area contributed by atoms with Crippen LogP contribution in [0.4, 0.5) is 0 Å². The molecular formula is C14H13IO. The molecule has 16 heavy (non-hydrogen) atoms. The Hall–Kier alpha value is -0.870. The summed E-state index contributed by atoms with van der Waals surface area (Å²) < 4.78 is 0.638. The molecule has 2 rings (SSSR count). The third-order valence-electron chi connectivity index (χ3n) is 2.70. The number of aliphatic hydroxyl groups is 1. The molecule has 0 unspecified atom stereocenters. The Balaban J connectivity index is 2.49. The summed E-state index contributed by atoms with van der Waals surface area (Å²) in [5.41, 5.74) is 0.995. The van der Waals surface area contributed by atoms with E-state index in [0.29, 0.717) is 4.43 Å². The molecule has 1 N–H and O–H groups in total. The van der Waals surface area contributed by atoms with Gasteiger partial charge in [-0.05, 0) is 11.1 Å². The van der Waals surface area contributed by atoms with Crippen LogP contribution in [0.1, 0.15) is 11.1 Å². The highest BCUT2D eigenvalue weighted by atomic mass is 127. The van der Waals surface area contributed by atoms with E-state index in [1.165, 1.54) is 0 Å². The summed E-state index contributed by atoms with van der Waals surface area (Å²) in [5, 5.41) is 10.8. The molecule has 0 fully saturated rings. The fraction of sp³-hybridized carbons (Fsp3) is 0.143. The van der Waals surface area contributed by atoms with E-state index in [0.717, 1.165) is 11.1 Å². The zero-order chi connectivity index (χ0) is 11.4. The number of benzene rings is 2. The maximum atomic E-state index is 10.8. The van der Waals surface area contributed by atoms with Crippen LogP contribution in [-0.4, -0.2) is 9.53 Å². The van der Waals surface area contributed by atoms with Crippen LogP contribution >= 0.6 is 22.6 Å². The number of rotatable bonds is 3. The number of halogens is 1. The Labute approximate surface area is 109 Å². The first-order valence-corrected chi connectivity index (χ1v) is 6.69. The lowest BCUT2D eigenvalue weighted by Crippen LogP contribution is -2.28. The molecule has 0 saturated heterocycles. The third kappa shape index (κ3) is 2.13. The quantitative estimate of drug-likeness (QED) is 0.678. The van der Waals surface area contributed by atoms with Crippen molar-refractivity contribution in [3.05, 3.63) is 71.8 Å². The van der Waals surface area contributed by atoms with E-state index in [1.807, 2.05) is 60.7 Å². The molecule has 0 aliphatic rings. The lowest BCUT2D eigenvalue weighted by atomic mass is 9.88. The zero-order valence-electron chi connectivity index (χ0n) is 8.81. The highest BCUT2D eigenvalue weighted by Gasteiger charge is 2.29. The third-order valence-corrected chi connectivity index (χ3v) is 3.80. The van der Waals surface area contributed by atoms with Crippen molar-refractivity contribution in [2.75, 3.05) is 4.43 Å². The summed E-state index contributed by atoms with van der Waals surface area (Å²) in [6.07, 6.45) is 0. The fourth-order valence-corrected chi connectivity index (χ4v) is 2.63. The van der Waals surface area contributed by atoms with E-state index in [2.05, 4.69) is 22.6 Å². The van der Waals surface area contributed by atoms with E-state index < -0.39 is 5.60 Å². The molecule has 0 aliphatic carbocycles. The topological polar surface area (TPSA) is 20.2 Å². The molecule has 0 bridgehead atoms. The number of hydrogen-bond acceptors (Lipinski definition) is 1. The van der Waals surface area contributed by atoms with Crippen molar-refractivity contribution in [3.8, 4) is 0 Å². The van der Waals surface area contributed by atoms with Crippen molar-refractivity contribution in [1.29, 1.82) is 0 Å². The van der Waals surface area contributed by atoms with Gasteiger partial charge in [0.1, 0.15) is 5.60 Å². The Morgan fingerprint density at radius 3 is 1.50 bits per heavy atom. The Morgan fingerprint density at radius 1 is 0.812 bits per heavy atom. The average Bonchev–Trinajstić information content (AvgIpc) is 2.40. The minimum atomic E-state index is -0.886. The molecule has 0 heterocycles. The Bertz CT molecular complexity index is 399. The molecule has 82 valence electrons. The van der Waals surface area contributed by atoms with Gasteiger partial charge in [-0.3, -0.25) is 0 Å². The summed E-state index contributed by atoms with van der Waals surface area (Å²) in [4.78, 5) is 0. The van der Waals surface area contributed by atoms with Crippen LogP contribution in [0.2, 0.25) is 0 Å². The molecule has 1 nitrogen and oxygen atoms in total. The van der Waals surface area contributed by atoms with E-state index in [1.54, 1.807) is 0 Å². The summed E-state index contributed by atoms with van der Waals surface area (Å²) in [6.45, 7) is 0. The van der Waals surface area contributed by atoms with Crippen molar-refractivity contribution < 1.29 is 5.11 Å². The van der Waals surface area contributed by atoms with Crippen LogP contribution in [0.5, 0.6) is 0 Å². The second-order valence-corrected chi connectivity index (χ2v) is 4.49. The van der Waals surface area contributed by atoms with Gasteiger partial charge in [-0.1, -0.05) is 83.3 Å². The van der Waals surface area contributed by atoms with Gasteiger partial charge in [-0.2, -0.15) is 0 Å². The van der Waals surface area contributed by atoms with Crippen molar-refractivity contribution >= 4 is 22.6 Å². The second kappa shape index (κ2) is 4.97. The van der Waals surface area contributed by atoms with E-state index in [4.69, 9.17) is 0 Å². The normalized spacial score (nSPS) is 11.4. The van der Waals surface area contributed by atoms with Crippen molar-refractivity contribution in [2.45, 2.75) is 5.60 Å². The van der Waals surface area contributed by atoms with Gasteiger partial charge in [0.15, 0.2) is 0 Å². The summed E-state index contributed by atoms with van der Waals surface area (Å²) in [7, 11) is 0. The first-order chi connectivity index (χ1) is 7.77. The Morgan fingerprint density at radius 2 is 1.19 bits per heavy atom. The highest BCUT2D eigenvalue weighted by Crippen LogP contribution is 2.31. The summed E-state index contributed by atoms with van der Waals surface area (Å²) in [6, 6.07) is 19.6. The van der Waals surface area contributed by atoms with Gasteiger partial charge in [0.25, 0.3) is 0 Å². The van der Waals surface area contributed by atoms with Gasteiger partial charge in [-0.25, -0.2) is 0 Å². The van der Waals surface area contributed by atoms with Crippen LogP contribution < -0.4 is 0 Å². The lowest BCUT2D eigenvalue weighted by molar-refractivity contribution is 0.111.